The molecule has 25 heavy (non-hydrogen) atoms. The molecule has 0 unspecified atom stereocenters. The van der Waals surface area contributed by atoms with Crippen LogP contribution >= 0.6 is 11.6 Å². The van der Waals surface area contributed by atoms with Crippen molar-refractivity contribution in [3.8, 4) is 5.69 Å². The molecule has 1 fully saturated rings. The summed E-state index contributed by atoms with van der Waals surface area (Å²) >= 11 is 6.19. The molecule has 1 aliphatic rings. The van der Waals surface area contributed by atoms with E-state index in [-0.39, 0.29) is 5.57 Å². The summed E-state index contributed by atoms with van der Waals surface area (Å²) in [5, 5.41) is 0.625. The van der Waals surface area contributed by atoms with Gasteiger partial charge in [-0.2, -0.15) is 0 Å². The van der Waals surface area contributed by atoms with E-state index in [1.165, 1.54) is 20.2 Å². The van der Waals surface area contributed by atoms with Crippen LogP contribution in [0.3, 0.4) is 0 Å². The minimum Gasteiger partial charge on any atom is -0.317 e. The molecule has 1 aliphatic heterocycles. The Hall–Kier alpha value is -2.86. The summed E-state index contributed by atoms with van der Waals surface area (Å²) in [6, 6.07) is 8.54. The lowest BCUT2D eigenvalue weighted by Gasteiger charge is -2.28. The van der Waals surface area contributed by atoms with Gasteiger partial charge in [0.2, 0.25) is 0 Å². The van der Waals surface area contributed by atoms with Crippen molar-refractivity contribution in [2.45, 2.75) is 6.92 Å². The first kappa shape index (κ1) is 17.0. The highest BCUT2D eigenvalue weighted by Crippen LogP contribution is 2.23. The summed E-state index contributed by atoms with van der Waals surface area (Å²) in [6.45, 7) is 1.91. The Bertz CT molecular complexity index is 903. The minimum absolute atomic E-state index is 0.0669. The van der Waals surface area contributed by atoms with E-state index in [1.54, 1.807) is 12.1 Å². The molecule has 0 bridgehead atoms. The van der Waals surface area contributed by atoms with E-state index in [9.17, 15) is 14.4 Å². The maximum atomic E-state index is 12.3. The third kappa shape index (κ3) is 2.85. The molecule has 4 amide bonds. The van der Waals surface area contributed by atoms with E-state index < -0.39 is 17.8 Å². The number of urea groups is 1. The molecule has 0 spiro atoms. The number of halogens is 1. The third-order valence-electron chi connectivity index (χ3n) is 4.15. The van der Waals surface area contributed by atoms with Crippen molar-refractivity contribution < 1.29 is 14.4 Å². The van der Waals surface area contributed by atoms with Gasteiger partial charge in [0.15, 0.2) is 0 Å². The van der Waals surface area contributed by atoms with E-state index in [1.807, 2.05) is 35.9 Å². The largest absolute Gasteiger partial charge is 0.333 e. The fourth-order valence-electron chi connectivity index (χ4n) is 2.60. The number of aromatic nitrogens is 1. The van der Waals surface area contributed by atoms with E-state index in [0.29, 0.717) is 10.7 Å². The van der Waals surface area contributed by atoms with Gasteiger partial charge >= 0.3 is 6.03 Å². The van der Waals surface area contributed by atoms with E-state index in [0.717, 1.165) is 21.1 Å². The lowest BCUT2D eigenvalue weighted by Crippen LogP contribution is -2.52. The van der Waals surface area contributed by atoms with Crippen LogP contribution in [0.25, 0.3) is 11.8 Å². The standard InChI is InChI=1S/C18H16ClN3O3/c1-11-6-7-13(10-15(11)19)22-8-4-5-12(22)9-14-16(23)20(2)18(25)21(3)17(14)24/h4-10H,1-3H3. The number of barbiturate groups is 1. The van der Waals surface area contributed by atoms with Gasteiger partial charge in [-0.15, -0.1) is 0 Å². The maximum Gasteiger partial charge on any atom is 0.333 e. The number of nitrogens with zero attached hydrogens (tertiary/aromatic N) is 3. The first-order chi connectivity index (χ1) is 11.8. The van der Waals surface area contributed by atoms with Crippen LogP contribution in [0.2, 0.25) is 5.02 Å². The van der Waals surface area contributed by atoms with E-state index in [2.05, 4.69) is 0 Å². The van der Waals surface area contributed by atoms with Gasteiger partial charge in [0, 0.05) is 36.7 Å². The number of hydrogen-bond acceptors (Lipinski definition) is 3. The second-order valence-electron chi connectivity index (χ2n) is 5.81. The van der Waals surface area contributed by atoms with Crippen LogP contribution in [0.5, 0.6) is 0 Å². The summed E-state index contributed by atoms with van der Waals surface area (Å²) in [7, 11) is 2.69. The molecule has 0 saturated carbocycles. The summed E-state index contributed by atoms with van der Waals surface area (Å²) < 4.78 is 1.81. The molecule has 1 saturated heterocycles. The molecule has 1 aromatic heterocycles. The molecular weight excluding hydrogens is 342 g/mol. The van der Waals surface area contributed by atoms with Crippen molar-refractivity contribution in [1.29, 1.82) is 0 Å². The molecule has 2 heterocycles. The van der Waals surface area contributed by atoms with Crippen LogP contribution in [0.4, 0.5) is 4.79 Å². The molecule has 3 rings (SSSR count). The summed E-state index contributed by atoms with van der Waals surface area (Å²) in [4.78, 5) is 38.3. The van der Waals surface area contributed by atoms with Crippen molar-refractivity contribution in [3.05, 3.63) is 58.4 Å². The SMILES string of the molecule is Cc1ccc(-n2cccc2C=C2C(=O)N(C)C(=O)N(C)C2=O)cc1Cl. The summed E-state index contributed by atoms with van der Waals surface area (Å²) in [6.07, 6.45) is 3.29. The molecule has 0 radical (unpaired) electrons. The molecule has 128 valence electrons. The number of aryl methyl sites for hydroxylation is 1. The zero-order valence-corrected chi connectivity index (χ0v) is 14.7. The van der Waals surface area contributed by atoms with Crippen molar-refractivity contribution in [2.24, 2.45) is 0 Å². The van der Waals surface area contributed by atoms with Gasteiger partial charge in [-0.05, 0) is 42.8 Å². The molecule has 0 atom stereocenters. The number of hydrogen-bond donors (Lipinski definition) is 0. The van der Waals surface area contributed by atoms with Crippen LogP contribution < -0.4 is 0 Å². The fourth-order valence-corrected chi connectivity index (χ4v) is 2.78. The van der Waals surface area contributed by atoms with Crippen LogP contribution in [-0.2, 0) is 9.59 Å². The Labute approximate surface area is 149 Å². The number of rotatable bonds is 2. The highest BCUT2D eigenvalue weighted by Gasteiger charge is 2.37. The Morgan fingerprint density at radius 1 is 1.00 bits per heavy atom. The topological polar surface area (TPSA) is 62.6 Å². The number of carbonyl (C=O) groups is 3. The van der Waals surface area contributed by atoms with Gasteiger partial charge in [0.1, 0.15) is 5.57 Å². The molecule has 6 nitrogen and oxygen atoms in total. The second-order valence-corrected chi connectivity index (χ2v) is 6.21. The second kappa shape index (κ2) is 6.22. The number of carbonyl (C=O) groups excluding carboxylic acids is 3. The quantitative estimate of drug-likeness (QED) is 0.613. The average molecular weight is 358 g/mol. The maximum absolute atomic E-state index is 12.3. The third-order valence-corrected chi connectivity index (χ3v) is 4.56. The predicted octanol–water partition coefficient (Wildman–Crippen LogP) is 2.87. The Morgan fingerprint density at radius 2 is 1.64 bits per heavy atom. The number of likely N-dealkylation sites (N-methyl/N-ethyl adjacent to an activating group) is 2. The van der Waals surface area contributed by atoms with E-state index >= 15 is 0 Å². The normalized spacial score (nSPS) is 15.2. The smallest absolute Gasteiger partial charge is 0.317 e. The Kier molecular flexibility index (Phi) is 4.22. The first-order valence-electron chi connectivity index (χ1n) is 7.57. The molecule has 0 N–H and O–H groups in total. The van der Waals surface area contributed by atoms with Gasteiger partial charge in [0.25, 0.3) is 11.8 Å². The highest BCUT2D eigenvalue weighted by molar-refractivity contribution is 6.31. The summed E-state index contributed by atoms with van der Waals surface area (Å²) in [5.74, 6) is -1.24. The van der Waals surface area contributed by atoms with Crippen LogP contribution in [0.1, 0.15) is 11.3 Å². The zero-order valence-electron chi connectivity index (χ0n) is 14.0. The molecule has 7 heteroatoms. The average Bonchev–Trinajstić information content (AvgIpc) is 3.06. The van der Waals surface area contributed by atoms with Crippen LogP contribution in [0.15, 0.2) is 42.1 Å². The van der Waals surface area contributed by atoms with Crippen molar-refractivity contribution in [3.63, 3.8) is 0 Å². The minimum atomic E-state index is -0.646. The monoisotopic (exact) mass is 357 g/mol. The molecule has 0 aliphatic carbocycles. The predicted molar refractivity (Wildman–Crippen MR) is 94.4 cm³/mol. The highest BCUT2D eigenvalue weighted by atomic mass is 35.5. The van der Waals surface area contributed by atoms with Gasteiger partial charge < -0.3 is 4.57 Å². The molecule has 1 aromatic carbocycles. The lowest BCUT2D eigenvalue weighted by molar-refractivity contribution is -0.134. The zero-order chi connectivity index (χ0) is 18.3. The summed E-state index contributed by atoms with van der Waals surface area (Å²) in [5.41, 5.74) is 2.33. The Morgan fingerprint density at radius 3 is 2.24 bits per heavy atom. The number of imide groups is 2. The Balaban J connectivity index is 2.07. The van der Waals surface area contributed by atoms with Crippen molar-refractivity contribution in [1.82, 2.24) is 14.4 Å². The molecule has 2 aromatic rings. The van der Waals surface area contributed by atoms with Crippen molar-refractivity contribution in [2.75, 3.05) is 14.1 Å². The first-order valence-corrected chi connectivity index (χ1v) is 7.94. The van der Waals surface area contributed by atoms with Gasteiger partial charge in [0.05, 0.1) is 0 Å². The fraction of sp³-hybridized carbons (Fsp3) is 0.167. The number of benzene rings is 1. The van der Waals surface area contributed by atoms with Gasteiger partial charge in [-0.3, -0.25) is 19.4 Å². The molecular formula is C18H16ClN3O3. The van der Waals surface area contributed by atoms with Crippen LogP contribution in [0, 0.1) is 6.92 Å². The van der Waals surface area contributed by atoms with Crippen LogP contribution in [-0.4, -0.2) is 46.3 Å². The van der Waals surface area contributed by atoms with Gasteiger partial charge in [-0.1, -0.05) is 17.7 Å². The number of amides is 4. The van der Waals surface area contributed by atoms with Crippen molar-refractivity contribution >= 4 is 35.5 Å². The lowest BCUT2D eigenvalue weighted by atomic mass is 10.1. The van der Waals surface area contributed by atoms with E-state index in [4.69, 9.17) is 11.6 Å². The van der Waals surface area contributed by atoms with Gasteiger partial charge in [-0.25, -0.2) is 4.79 Å².